The first-order valence-corrected chi connectivity index (χ1v) is 7.66. The van der Waals surface area contributed by atoms with Gasteiger partial charge in [-0.3, -0.25) is 9.59 Å². The largest absolute Gasteiger partial charge is 0.481 e. The van der Waals surface area contributed by atoms with Gasteiger partial charge in [-0.05, 0) is 56.8 Å². The zero-order valence-corrected chi connectivity index (χ0v) is 11.3. The van der Waals surface area contributed by atoms with Gasteiger partial charge in [-0.25, -0.2) is 0 Å². The number of hydrogen-bond donors (Lipinski definition) is 2. The minimum atomic E-state index is -0.683. The molecule has 3 saturated carbocycles. The van der Waals surface area contributed by atoms with Crippen LogP contribution in [0.2, 0.25) is 0 Å². The Hall–Kier alpha value is -1.06. The number of carbonyl (C=O) groups excluding carboxylic acids is 1. The van der Waals surface area contributed by atoms with E-state index in [4.69, 9.17) is 5.11 Å². The van der Waals surface area contributed by atoms with Crippen LogP contribution in [0.3, 0.4) is 0 Å². The van der Waals surface area contributed by atoms with E-state index < -0.39 is 5.97 Å². The molecule has 0 spiro atoms. The van der Waals surface area contributed by atoms with Crippen molar-refractivity contribution in [2.45, 2.75) is 57.4 Å². The van der Waals surface area contributed by atoms with E-state index in [9.17, 15) is 9.59 Å². The van der Waals surface area contributed by atoms with Gasteiger partial charge >= 0.3 is 5.97 Å². The summed E-state index contributed by atoms with van der Waals surface area (Å²) in [6.45, 7) is 0. The highest BCUT2D eigenvalue weighted by atomic mass is 16.4. The predicted molar refractivity (Wildman–Crippen MR) is 70.5 cm³/mol. The van der Waals surface area contributed by atoms with Gasteiger partial charge in [0.1, 0.15) is 0 Å². The van der Waals surface area contributed by atoms with Gasteiger partial charge < -0.3 is 10.4 Å². The van der Waals surface area contributed by atoms with E-state index in [1.54, 1.807) is 0 Å². The molecule has 0 saturated heterocycles. The molecule has 3 atom stereocenters. The van der Waals surface area contributed by atoms with Crippen LogP contribution < -0.4 is 5.32 Å². The van der Waals surface area contributed by atoms with Crippen LogP contribution in [0.1, 0.15) is 51.4 Å². The second-order valence-corrected chi connectivity index (χ2v) is 6.68. The molecule has 4 nitrogen and oxygen atoms in total. The fraction of sp³-hybridized carbons (Fsp3) is 0.867. The van der Waals surface area contributed by atoms with E-state index >= 15 is 0 Å². The fourth-order valence-electron chi connectivity index (χ4n) is 4.36. The molecule has 3 rings (SSSR count). The van der Waals surface area contributed by atoms with E-state index in [0.29, 0.717) is 18.8 Å². The Morgan fingerprint density at radius 2 is 1.68 bits per heavy atom. The van der Waals surface area contributed by atoms with Crippen molar-refractivity contribution >= 4 is 11.9 Å². The number of carbonyl (C=O) groups is 2. The van der Waals surface area contributed by atoms with Crippen molar-refractivity contribution < 1.29 is 14.7 Å². The summed E-state index contributed by atoms with van der Waals surface area (Å²) in [7, 11) is 0. The molecule has 1 amide bonds. The van der Waals surface area contributed by atoms with Crippen LogP contribution in [0.4, 0.5) is 0 Å². The van der Waals surface area contributed by atoms with Crippen molar-refractivity contribution in [2.24, 2.45) is 23.7 Å². The molecule has 0 aliphatic heterocycles. The molecule has 0 aromatic heterocycles. The number of amides is 1. The van der Waals surface area contributed by atoms with E-state index in [1.165, 1.54) is 19.3 Å². The number of nitrogens with one attached hydrogen (secondary N) is 1. The minimum absolute atomic E-state index is 0.198. The van der Waals surface area contributed by atoms with Gasteiger partial charge in [0.15, 0.2) is 0 Å². The first kappa shape index (κ1) is 12.9. The van der Waals surface area contributed by atoms with Crippen LogP contribution in [-0.2, 0) is 9.59 Å². The number of hydrogen-bond acceptors (Lipinski definition) is 2. The monoisotopic (exact) mass is 265 g/mol. The number of carboxylic acid groups (broad SMARTS) is 1. The zero-order valence-electron chi connectivity index (χ0n) is 11.3. The van der Waals surface area contributed by atoms with Crippen LogP contribution in [0.25, 0.3) is 0 Å². The Balaban J connectivity index is 1.47. The number of carboxylic acids is 1. The smallest absolute Gasteiger partial charge is 0.306 e. The van der Waals surface area contributed by atoms with Crippen molar-refractivity contribution in [3.05, 3.63) is 0 Å². The van der Waals surface area contributed by atoms with Crippen LogP contribution in [-0.4, -0.2) is 23.0 Å². The van der Waals surface area contributed by atoms with Crippen LogP contribution in [0.15, 0.2) is 0 Å². The van der Waals surface area contributed by atoms with Crippen molar-refractivity contribution in [2.75, 3.05) is 0 Å². The zero-order chi connectivity index (χ0) is 13.4. The Labute approximate surface area is 113 Å². The topological polar surface area (TPSA) is 66.4 Å². The summed E-state index contributed by atoms with van der Waals surface area (Å²) in [5.41, 5.74) is 0. The molecular weight excluding hydrogens is 242 g/mol. The summed E-state index contributed by atoms with van der Waals surface area (Å²) in [5.74, 6) is 1.03. The Bertz CT molecular complexity index is 374. The molecule has 3 aliphatic rings. The summed E-state index contributed by atoms with van der Waals surface area (Å²) in [6, 6.07) is 0.210. The molecule has 0 heterocycles. The average molecular weight is 265 g/mol. The molecule has 0 radical (unpaired) electrons. The van der Waals surface area contributed by atoms with Crippen molar-refractivity contribution in [3.63, 3.8) is 0 Å². The summed E-state index contributed by atoms with van der Waals surface area (Å²) in [5, 5.41) is 12.1. The summed E-state index contributed by atoms with van der Waals surface area (Å²) in [4.78, 5) is 23.2. The van der Waals surface area contributed by atoms with Gasteiger partial charge in [0.25, 0.3) is 0 Å². The molecule has 19 heavy (non-hydrogen) atoms. The molecular formula is C15H23NO3. The number of rotatable bonds is 3. The van der Waals surface area contributed by atoms with E-state index in [-0.39, 0.29) is 23.8 Å². The molecule has 2 N–H and O–H groups in total. The maximum Gasteiger partial charge on any atom is 0.306 e. The highest BCUT2D eigenvalue weighted by Gasteiger charge is 2.43. The third-order valence-electron chi connectivity index (χ3n) is 5.50. The van der Waals surface area contributed by atoms with Gasteiger partial charge in [0.05, 0.1) is 5.92 Å². The molecule has 2 bridgehead atoms. The highest BCUT2D eigenvalue weighted by molar-refractivity contribution is 5.80. The van der Waals surface area contributed by atoms with Gasteiger partial charge in [0, 0.05) is 12.0 Å². The number of aliphatic carboxylic acids is 1. The lowest BCUT2D eigenvalue weighted by molar-refractivity contribution is -0.142. The van der Waals surface area contributed by atoms with Crippen LogP contribution in [0, 0.1) is 23.7 Å². The summed E-state index contributed by atoms with van der Waals surface area (Å²) in [6.07, 6.45) is 7.94. The van der Waals surface area contributed by atoms with Gasteiger partial charge in [-0.2, -0.15) is 0 Å². The minimum Gasteiger partial charge on any atom is -0.481 e. The van der Waals surface area contributed by atoms with Gasteiger partial charge in [-0.1, -0.05) is 6.42 Å². The summed E-state index contributed by atoms with van der Waals surface area (Å²) >= 11 is 0. The Kier molecular flexibility index (Phi) is 3.50. The molecule has 0 aromatic carbocycles. The standard InChI is InChI=1S/C15H23NO3/c17-14(13-8-9-1-2-11(13)7-9)16-12-5-3-10(4-6-12)15(18)19/h9-13H,1-8H2,(H,16,17)(H,18,19). The number of fused-ring (bicyclic) bond motifs is 2. The maximum absolute atomic E-state index is 12.3. The molecule has 4 heteroatoms. The average Bonchev–Trinajstić information content (AvgIpc) is 3.01. The lowest BCUT2D eigenvalue weighted by Gasteiger charge is -2.29. The maximum atomic E-state index is 12.3. The first-order valence-electron chi connectivity index (χ1n) is 7.66. The molecule has 3 unspecified atom stereocenters. The van der Waals surface area contributed by atoms with E-state index in [0.717, 1.165) is 25.2 Å². The quantitative estimate of drug-likeness (QED) is 0.822. The summed E-state index contributed by atoms with van der Waals surface area (Å²) < 4.78 is 0. The highest BCUT2D eigenvalue weighted by Crippen LogP contribution is 2.48. The van der Waals surface area contributed by atoms with Gasteiger partial charge in [-0.15, -0.1) is 0 Å². The lowest BCUT2D eigenvalue weighted by atomic mass is 9.84. The third-order valence-corrected chi connectivity index (χ3v) is 5.50. The van der Waals surface area contributed by atoms with Crippen molar-refractivity contribution in [1.29, 1.82) is 0 Å². The van der Waals surface area contributed by atoms with Crippen molar-refractivity contribution in [1.82, 2.24) is 5.32 Å². The first-order chi connectivity index (χ1) is 9.13. The van der Waals surface area contributed by atoms with Crippen LogP contribution in [0.5, 0.6) is 0 Å². The normalized spacial score (nSPS) is 41.2. The van der Waals surface area contributed by atoms with E-state index in [2.05, 4.69) is 5.32 Å². The third kappa shape index (κ3) is 2.63. The van der Waals surface area contributed by atoms with E-state index in [1.807, 2.05) is 0 Å². The molecule has 106 valence electrons. The predicted octanol–water partition coefficient (Wildman–Crippen LogP) is 2.18. The fourth-order valence-corrected chi connectivity index (χ4v) is 4.36. The molecule has 0 aromatic rings. The van der Waals surface area contributed by atoms with Gasteiger partial charge in [0.2, 0.25) is 5.91 Å². The van der Waals surface area contributed by atoms with Crippen LogP contribution >= 0.6 is 0 Å². The Morgan fingerprint density at radius 1 is 0.947 bits per heavy atom. The Morgan fingerprint density at radius 3 is 2.21 bits per heavy atom. The second kappa shape index (κ2) is 5.14. The van der Waals surface area contributed by atoms with Crippen molar-refractivity contribution in [3.8, 4) is 0 Å². The molecule has 3 fully saturated rings. The lowest BCUT2D eigenvalue weighted by Crippen LogP contribution is -2.42. The molecule has 3 aliphatic carbocycles. The SMILES string of the molecule is O=C(O)C1CCC(NC(=O)C2CC3CCC2C3)CC1. The second-order valence-electron chi connectivity index (χ2n) is 6.68.